The molecule has 76 valence electrons. The van der Waals surface area contributed by atoms with Gasteiger partial charge in [0, 0.05) is 12.7 Å². The Morgan fingerprint density at radius 1 is 0.923 bits per heavy atom. The molecule has 0 aromatic rings. The van der Waals surface area contributed by atoms with E-state index < -0.39 is 0 Å². The smallest absolute Gasteiger partial charge is 0.0483 e. The van der Waals surface area contributed by atoms with Crippen LogP contribution in [-0.2, 0) is 0 Å². The average Bonchev–Trinajstić information content (AvgIpc) is 2.47. The molecular formula is C10H21N3. The van der Waals surface area contributed by atoms with E-state index in [2.05, 4.69) is 15.5 Å². The second-order valence-electron chi connectivity index (χ2n) is 4.16. The summed E-state index contributed by atoms with van der Waals surface area (Å²) < 4.78 is 0. The molecule has 3 heteroatoms. The van der Waals surface area contributed by atoms with E-state index in [4.69, 9.17) is 0 Å². The molecule has 13 heavy (non-hydrogen) atoms. The van der Waals surface area contributed by atoms with Gasteiger partial charge in [-0.25, -0.2) is 0 Å². The minimum Gasteiger partial charge on any atom is -0.317 e. The van der Waals surface area contributed by atoms with Gasteiger partial charge in [0.25, 0.3) is 0 Å². The quantitative estimate of drug-likeness (QED) is 0.615. The lowest BCUT2D eigenvalue weighted by molar-refractivity contribution is 0.160. The normalized spacial score (nSPS) is 28.6. The van der Waals surface area contributed by atoms with Crippen LogP contribution in [0.3, 0.4) is 0 Å². The first kappa shape index (κ1) is 9.44. The van der Waals surface area contributed by atoms with Crippen LogP contribution in [0.2, 0.25) is 0 Å². The third-order valence-electron chi connectivity index (χ3n) is 3.19. The number of hydrogen-bond acceptors (Lipinski definition) is 3. The van der Waals surface area contributed by atoms with Gasteiger partial charge in [-0.1, -0.05) is 0 Å². The predicted molar refractivity (Wildman–Crippen MR) is 54.7 cm³/mol. The van der Waals surface area contributed by atoms with Gasteiger partial charge in [0.1, 0.15) is 0 Å². The van der Waals surface area contributed by atoms with E-state index in [0.29, 0.717) is 0 Å². The lowest BCUT2D eigenvalue weighted by Crippen LogP contribution is -2.46. The highest BCUT2D eigenvalue weighted by Crippen LogP contribution is 2.13. The van der Waals surface area contributed by atoms with Gasteiger partial charge in [0.05, 0.1) is 0 Å². The highest BCUT2D eigenvalue weighted by atomic mass is 15.2. The van der Waals surface area contributed by atoms with Crippen molar-refractivity contribution < 1.29 is 0 Å². The monoisotopic (exact) mass is 183 g/mol. The van der Waals surface area contributed by atoms with Crippen molar-refractivity contribution in [1.82, 2.24) is 15.5 Å². The zero-order valence-corrected chi connectivity index (χ0v) is 8.39. The van der Waals surface area contributed by atoms with E-state index in [1.165, 1.54) is 51.9 Å². The zero-order chi connectivity index (χ0) is 8.93. The van der Waals surface area contributed by atoms with Crippen molar-refractivity contribution in [2.75, 3.05) is 32.8 Å². The molecule has 2 rings (SSSR count). The van der Waals surface area contributed by atoms with Crippen LogP contribution in [-0.4, -0.2) is 43.8 Å². The van der Waals surface area contributed by atoms with Crippen molar-refractivity contribution in [3.05, 3.63) is 0 Å². The van der Waals surface area contributed by atoms with Crippen molar-refractivity contribution in [2.24, 2.45) is 0 Å². The molecule has 0 radical (unpaired) electrons. The van der Waals surface area contributed by atoms with Crippen LogP contribution in [0.5, 0.6) is 0 Å². The lowest BCUT2D eigenvalue weighted by atomic mass is 10.1. The molecule has 0 aromatic carbocycles. The molecule has 0 aliphatic carbocycles. The van der Waals surface area contributed by atoms with Crippen molar-refractivity contribution in [2.45, 2.75) is 31.7 Å². The van der Waals surface area contributed by atoms with Crippen LogP contribution >= 0.6 is 0 Å². The Hall–Kier alpha value is -0.120. The van der Waals surface area contributed by atoms with Crippen LogP contribution in [0, 0.1) is 0 Å². The summed E-state index contributed by atoms with van der Waals surface area (Å²) in [6.45, 7) is 6.05. The molecule has 2 N–H and O–H groups in total. The predicted octanol–water partition coefficient (Wildman–Crippen LogP) is 0.381. The fourth-order valence-corrected chi connectivity index (χ4v) is 2.35. The Balaban J connectivity index is 1.82. The van der Waals surface area contributed by atoms with Crippen molar-refractivity contribution in [3.8, 4) is 0 Å². The summed E-state index contributed by atoms with van der Waals surface area (Å²) in [6.07, 6.45) is 5.39. The molecule has 2 saturated heterocycles. The summed E-state index contributed by atoms with van der Waals surface area (Å²) in [5, 5.41) is 6.92. The van der Waals surface area contributed by atoms with E-state index in [-0.39, 0.29) is 0 Å². The Labute approximate surface area is 80.9 Å². The van der Waals surface area contributed by atoms with Gasteiger partial charge in [-0.05, 0) is 51.9 Å². The molecule has 2 heterocycles. The fraction of sp³-hybridized carbons (Fsp3) is 1.00. The summed E-state index contributed by atoms with van der Waals surface area (Å²) in [7, 11) is 0. The molecule has 0 atom stereocenters. The molecule has 2 aliphatic rings. The van der Waals surface area contributed by atoms with Gasteiger partial charge in [-0.2, -0.15) is 0 Å². The van der Waals surface area contributed by atoms with Crippen LogP contribution in [0.1, 0.15) is 25.7 Å². The fourth-order valence-electron chi connectivity index (χ4n) is 2.35. The van der Waals surface area contributed by atoms with Crippen molar-refractivity contribution in [1.29, 1.82) is 0 Å². The largest absolute Gasteiger partial charge is 0.317 e. The van der Waals surface area contributed by atoms with Gasteiger partial charge < -0.3 is 10.6 Å². The number of nitrogens with zero attached hydrogens (tertiary/aromatic N) is 1. The van der Waals surface area contributed by atoms with Crippen LogP contribution < -0.4 is 10.6 Å². The molecule has 3 nitrogen and oxygen atoms in total. The second kappa shape index (κ2) is 4.94. The van der Waals surface area contributed by atoms with Gasteiger partial charge in [-0.15, -0.1) is 0 Å². The third kappa shape index (κ3) is 2.66. The SMILES string of the molecule is C1CCN(C2CCNCC2)CNC1. The van der Waals surface area contributed by atoms with Gasteiger partial charge in [-0.3, -0.25) is 4.90 Å². The molecular weight excluding hydrogens is 162 g/mol. The van der Waals surface area contributed by atoms with E-state index in [9.17, 15) is 0 Å². The maximum atomic E-state index is 3.50. The van der Waals surface area contributed by atoms with Crippen molar-refractivity contribution >= 4 is 0 Å². The molecule has 0 bridgehead atoms. The first-order valence-electron chi connectivity index (χ1n) is 5.62. The first-order chi connectivity index (χ1) is 6.47. The van der Waals surface area contributed by atoms with E-state index in [1.54, 1.807) is 0 Å². The van der Waals surface area contributed by atoms with Gasteiger partial charge in [0.2, 0.25) is 0 Å². The minimum atomic E-state index is 0.840. The molecule has 0 unspecified atom stereocenters. The van der Waals surface area contributed by atoms with E-state index in [0.717, 1.165) is 12.7 Å². The summed E-state index contributed by atoms with van der Waals surface area (Å²) in [5.41, 5.74) is 0. The molecule has 2 aliphatic heterocycles. The Kier molecular flexibility index (Phi) is 3.58. The van der Waals surface area contributed by atoms with Crippen molar-refractivity contribution in [3.63, 3.8) is 0 Å². The highest BCUT2D eigenvalue weighted by Gasteiger charge is 2.20. The number of nitrogens with one attached hydrogen (secondary N) is 2. The van der Waals surface area contributed by atoms with Gasteiger partial charge >= 0.3 is 0 Å². The topological polar surface area (TPSA) is 27.3 Å². The minimum absolute atomic E-state index is 0.840. The maximum absolute atomic E-state index is 3.50. The van der Waals surface area contributed by atoms with E-state index >= 15 is 0 Å². The lowest BCUT2D eigenvalue weighted by Gasteiger charge is -2.33. The van der Waals surface area contributed by atoms with E-state index in [1.807, 2.05) is 0 Å². The summed E-state index contributed by atoms with van der Waals surface area (Å²) in [6, 6.07) is 0.840. The highest BCUT2D eigenvalue weighted by molar-refractivity contribution is 4.78. The molecule has 2 fully saturated rings. The maximum Gasteiger partial charge on any atom is 0.0483 e. The summed E-state index contributed by atoms with van der Waals surface area (Å²) >= 11 is 0. The molecule has 0 saturated carbocycles. The molecule has 0 aromatic heterocycles. The van der Waals surface area contributed by atoms with Crippen LogP contribution in [0.15, 0.2) is 0 Å². The van der Waals surface area contributed by atoms with Crippen LogP contribution in [0.25, 0.3) is 0 Å². The Morgan fingerprint density at radius 3 is 2.62 bits per heavy atom. The Morgan fingerprint density at radius 2 is 1.77 bits per heavy atom. The summed E-state index contributed by atoms with van der Waals surface area (Å²) in [5.74, 6) is 0. The average molecular weight is 183 g/mol. The van der Waals surface area contributed by atoms with Crippen LogP contribution in [0.4, 0.5) is 0 Å². The number of hydrogen-bond donors (Lipinski definition) is 2. The molecule has 0 spiro atoms. The third-order valence-corrected chi connectivity index (χ3v) is 3.19. The first-order valence-corrected chi connectivity index (χ1v) is 5.62. The summed E-state index contributed by atoms with van der Waals surface area (Å²) in [4.78, 5) is 2.63. The molecule has 0 amide bonds. The van der Waals surface area contributed by atoms with Gasteiger partial charge in [0.15, 0.2) is 0 Å². The standard InChI is InChI=1S/C10H21N3/c1-2-8-13(9-12-5-1)10-3-6-11-7-4-10/h10-12H,1-9H2. The number of piperidine rings is 1. The number of rotatable bonds is 1. The Bertz CT molecular complexity index is 135. The second-order valence-corrected chi connectivity index (χ2v) is 4.16. The zero-order valence-electron chi connectivity index (χ0n) is 8.39.